The molecule has 78 valence electrons. The van der Waals surface area contributed by atoms with Gasteiger partial charge in [0.1, 0.15) is 0 Å². The van der Waals surface area contributed by atoms with Crippen molar-refractivity contribution in [3.05, 3.63) is 0 Å². The summed E-state index contributed by atoms with van der Waals surface area (Å²) >= 11 is 0. The van der Waals surface area contributed by atoms with E-state index in [9.17, 15) is 0 Å². The molecule has 0 heterocycles. The molecule has 1 fully saturated rings. The molecule has 0 aromatic heterocycles. The third kappa shape index (κ3) is 4.07. The highest BCUT2D eigenvalue weighted by Gasteiger charge is 2.44. The molecule has 1 aliphatic rings. The van der Waals surface area contributed by atoms with Crippen molar-refractivity contribution in [1.29, 1.82) is 0 Å². The highest BCUT2D eigenvalue weighted by molar-refractivity contribution is 5.01. The lowest BCUT2D eigenvalue weighted by molar-refractivity contribution is 0.199. The minimum Gasteiger partial charge on any atom is -0.383 e. The second kappa shape index (κ2) is 4.94. The molecule has 13 heavy (non-hydrogen) atoms. The fourth-order valence-corrected chi connectivity index (χ4v) is 1.45. The maximum Gasteiger partial charge on any atom is 0.0587 e. The monoisotopic (exact) mass is 186 g/mol. The van der Waals surface area contributed by atoms with Crippen LogP contribution in [0.4, 0.5) is 0 Å². The fourth-order valence-electron chi connectivity index (χ4n) is 1.45. The Labute approximate surface area is 81.2 Å². The zero-order valence-corrected chi connectivity index (χ0v) is 9.02. The molecule has 1 unspecified atom stereocenters. The molecule has 0 aliphatic heterocycles. The third-order valence-corrected chi connectivity index (χ3v) is 2.69. The van der Waals surface area contributed by atoms with E-state index in [-0.39, 0.29) is 0 Å². The van der Waals surface area contributed by atoms with Gasteiger partial charge >= 0.3 is 0 Å². The zero-order chi connectivity index (χ0) is 9.73. The number of ether oxygens (including phenoxy) is 1. The van der Waals surface area contributed by atoms with E-state index in [4.69, 9.17) is 4.74 Å². The summed E-state index contributed by atoms with van der Waals surface area (Å²) in [6.45, 7) is 8.47. The van der Waals surface area contributed by atoms with Crippen LogP contribution in [0.1, 0.15) is 20.3 Å². The van der Waals surface area contributed by atoms with Crippen molar-refractivity contribution in [2.75, 3.05) is 33.4 Å². The van der Waals surface area contributed by atoms with Gasteiger partial charge in [0, 0.05) is 32.8 Å². The Hall–Kier alpha value is -0.120. The van der Waals surface area contributed by atoms with Crippen LogP contribution in [0.25, 0.3) is 0 Å². The first-order valence-corrected chi connectivity index (χ1v) is 5.10. The van der Waals surface area contributed by atoms with Gasteiger partial charge in [-0.1, -0.05) is 13.8 Å². The van der Waals surface area contributed by atoms with Crippen molar-refractivity contribution >= 4 is 0 Å². The second-order valence-corrected chi connectivity index (χ2v) is 4.44. The Morgan fingerprint density at radius 1 is 1.31 bits per heavy atom. The van der Waals surface area contributed by atoms with Crippen molar-refractivity contribution in [1.82, 2.24) is 10.6 Å². The van der Waals surface area contributed by atoms with E-state index in [1.807, 2.05) is 0 Å². The fraction of sp³-hybridized carbons (Fsp3) is 1.00. The Morgan fingerprint density at radius 2 is 2.00 bits per heavy atom. The molecule has 1 atom stereocenters. The topological polar surface area (TPSA) is 33.3 Å². The van der Waals surface area contributed by atoms with Gasteiger partial charge in [0.2, 0.25) is 0 Å². The molecular weight excluding hydrogens is 164 g/mol. The molecule has 0 radical (unpaired) electrons. The lowest BCUT2D eigenvalue weighted by atomic mass is 10.2. The first-order chi connectivity index (χ1) is 6.17. The van der Waals surface area contributed by atoms with Gasteiger partial charge in [0.05, 0.1) is 6.61 Å². The van der Waals surface area contributed by atoms with Crippen molar-refractivity contribution in [3.63, 3.8) is 0 Å². The van der Waals surface area contributed by atoms with Gasteiger partial charge in [0.15, 0.2) is 0 Å². The molecule has 3 heteroatoms. The van der Waals surface area contributed by atoms with E-state index in [0.29, 0.717) is 5.41 Å². The predicted octanol–water partition coefficient (Wildman–Crippen LogP) is 0.610. The van der Waals surface area contributed by atoms with E-state index in [1.165, 1.54) is 6.42 Å². The summed E-state index contributed by atoms with van der Waals surface area (Å²) in [6.07, 6.45) is 1.32. The average Bonchev–Trinajstić information content (AvgIpc) is 2.67. The van der Waals surface area contributed by atoms with Crippen LogP contribution < -0.4 is 10.6 Å². The maximum absolute atomic E-state index is 4.93. The Morgan fingerprint density at radius 3 is 2.54 bits per heavy atom. The minimum absolute atomic E-state index is 0.548. The van der Waals surface area contributed by atoms with Crippen molar-refractivity contribution < 1.29 is 4.74 Å². The quantitative estimate of drug-likeness (QED) is 0.572. The molecule has 0 bridgehead atoms. The average molecular weight is 186 g/mol. The van der Waals surface area contributed by atoms with Crippen molar-refractivity contribution in [2.24, 2.45) is 5.41 Å². The number of nitrogens with one attached hydrogen (secondary N) is 2. The van der Waals surface area contributed by atoms with Crippen molar-refractivity contribution in [2.45, 2.75) is 26.3 Å². The minimum atomic E-state index is 0.548. The molecule has 0 amide bonds. The Balaban J connectivity index is 1.80. The summed E-state index contributed by atoms with van der Waals surface area (Å²) in [5.41, 5.74) is 0.548. The highest BCUT2D eigenvalue weighted by atomic mass is 16.5. The highest BCUT2D eigenvalue weighted by Crippen LogP contribution is 2.44. The normalized spacial score (nSPS) is 24.7. The molecule has 0 saturated heterocycles. The van der Waals surface area contributed by atoms with Crippen LogP contribution in [0.3, 0.4) is 0 Å². The van der Waals surface area contributed by atoms with Crippen LogP contribution in [-0.4, -0.2) is 39.4 Å². The largest absolute Gasteiger partial charge is 0.383 e. The molecule has 0 aromatic rings. The number of methoxy groups -OCH3 is 1. The molecule has 0 spiro atoms. The molecule has 1 aliphatic carbocycles. The van der Waals surface area contributed by atoms with Gasteiger partial charge in [-0.2, -0.15) is 0 Å². The van der Waals surface area contributed by atoms with Gasteiger partial charge in [-0.05, 0) is 11.8 Å². The van der Waals surface area contributed by atoms with Gasteiger partial charge in [-0.3, -0.25) is 0 Å². The first kappa shape index (κ1) is 11.0. The van der Waals surface area contributed by atoms with Crippen LogP contribution >= 0.6 is 0 Å². The molecule has 3 nitrogen and oxygen atoms in total. The van der Waals surface area contributed by atoms with E-state index < -0.39 is 0 Å². The zero-order valence-electron chi connectivity index (χ0n) is 9.02. The summed E-state index contributed by atoms with van der Waals surface area (Å²) in [7, 11) is 1.73. The SMILES string of the molecule is COCCNCCNC1CC1(C)C. The number of rotatable bonds is 7. The van der Waals surface area contributed by atoms with Gasteiger partial charge in [-0.15, -0.1) is 0 Å². The molecule has 1 saturated carbocycles. The molecule has 1 rings (SSSR count). The van der Waals surface area contributed by atoms with Gasteiger partial charge < -0.3 is 15.4 Å². The van der Waals surface area contributed by atoms with Crippen LogP contribution in [-0.2, 0) is 4.74 Å². The van der Waals surface area contributed by atoms with Crippen molar-refractivity contribution in [3.8, 4) is 0 Å². The van der Waals surface area contributed by atoms with Gasteiger partial charge in [0.25, 0.3) is 0 Å². The second-order valence-electron chi connectivity index (χ2n) is 4.44. The van der Waals surface area contributed by atoms with Crippen LogP contribution in [0.2, 0.25) is 0 Å². The first-order valence-electron chi connectivity index (χ1n) is 5.10. The van der Waals surface area contributed by atoms with E-state index >= 15 is 0 Å². The smallest absolute Gasteiger partial charge is 0.0587 e. The number of hydrogen-bond acceptors (Lipinski definition) is 3. The van der Waals surface area contributed by atoms with Crippen LogP contribution in [0.5, 0.6) is 0 Å². The maximum atomic E-state index is 4.93. The molecule has 0 aromatic carbocycles. The summed E-state index contributed by atoms with van der Waals surface area (Å²) in [6, 6.07) is 0.747. The molecular formula is C10H22N2O. The third-order valence-electron chi connectivity index (χ3n) is 2.69. The predicted molar refractivity (Wildman–Crippen MR) is 54.9 cm³/mol. The van der Waals surface area contributed by atoms with Gasteiger partial charge in [-0.25, -0.2) is 0 Å². The number of hydrogen-bond donors (Lipinski definition) is 2. The Kier molecular flexibility index (Phi) is 4.16. The van der Waals surface area contributed by atoms with Crippen LogP contribution in [0.15, 0.2) is 0 Å². The summed E-state index contributed by atoms with van der Waals surface area (Å²) in [4.78, 5) is 0. The molecule has 2 N–H and O–H groups in total. The summed E-state index contributed by atoms with van der Waals surface area (Å²) in [5.74, 6) is 0. The van der Waals surface area contributed by atoms with Crippen LogP contribution in [0, 0.1) is 5.41 Å². The van der Waals surface area contributed by atoms with E-state index in [1.54, 1.807) is 7.11 Å². The lowest BCUT2D eigenvalue weighted by Crippen LogP contribution is -2.31. The van der Waals surface area contributed by atoms with E-state index in [0.717, 1.165) is 32.3 Å². The van der Waals surface area contributed by atoms with E-state index in [2.05, 4.69) is 24.5 Å². The lowest BCUT2D eigenvalue weighted by Gasteiger charge is -2.07. The Bertz CT molecular complexity index is 148. The summed E-state index contributed by atoms with van der Waals surface area (Å²) < 4.78 is 4.93. The summed E-state index contributed by atoms with van der Waals surface area (Å²) in [5, 5.41) is 6.83. The standard InChI is InChI=1S/C10H22N2O/c1-10(2)8-9(10)12-5-4-11-6-7-13-3/h9,11-12H,4-8H2,1-3H3.